The Labute approximate surface area is 189 Å². The minimum atomic E-state index is -4.51. The normalized spacial score (nSPS) is 19.8. The second kappa shape index (κ2) is 8.66. The Balaban J connectivity index is 1.90. The van der Waals surface area contributed by atoms with E-state index in [0.29, 0.717) is 29.0 Å². The molecule has 170 valence electrons. The molecule has 33 heavy (non-hydrogen) atoms. The zero-order valence-corrected chi connectivity index (χ0v) is 18.2. The van der Waals surface area contributed by atoms with Crippen LogP contribution in [-0.2, 0) is 6.18 Å². The number of ether oxygens (including phenoxy) is 1. The standard InChI is InChI=1S/C25H22F3N3O2/c1-3-16-6-4-9-20-22(16)23(19-11-10-15(14-29)12-21(19)33-2)30-24(32)31(20)18-8-5-7-17(13-18)25(26,27)28/h3,5,7-8,10-13,23H,4,6,9H2,1-2H3,(H,30,32). The molecule has 0 bridgehead atoms. The smallest absolute Gasteiger partial charge is 0.416 e. The molecule has 2 aromatic carbocycles. The molecular formula is C25H22F3N3O2. The number of allylic oxidation sites excluding steroid dienone is 2. The highest BCUT2D eigenvalue weighted by Crippen LogP contribution is 2.46. The lowest BCUT2D eigenvalue weighted by Crippen LogP contribution is -2.48. The van der Waals surface area contributed by atoms with Gasteiger partial charge in [0.15, 0.2) is 0 Å². The van der Waals surface area contributed by atoms with Gasteiger partial charge in [-0.1, -0.05) is 18.2 Å². The highest BCUT2D eigenvalue weighted by Gasteiger charge is 2.39. The van der Waals surface area contributed by atoms with Crippen LogP contribution in [0, 0.1) is 11.3 Å². The van der Waals surface area contributed by atoms with Gasteiger partial charge in [0.1, 0.15) is 5.75 Å². The van der Waals surface area contributed by atoms with Gasteiger partial charge in [0.2, 0.25) is 0 Å². The number of urea groups is 1. The van der Waals surface area contributed by atoms with Crippen LogP contribution >= 0.6 is 0 Å². The first-order valence-corrected chi connectivity index (χ1v) is 10.5. The van der Waals surface area contributed by atoms with E-state index in [1.54, 1.807) is 18.2 Å². The number of alkyl halides is 3. The van der Waals surface area contributed by atoms with Crippen molar-refractivity contribution in [2.45, 2.75) is 38.4 Å². The number of nitriles is 1. The maximum atomic E-state index is 13.3. The molecule has 5 nitrogen and oxygen atoms in total. The third-order valence-corrected chi connectivity index (χ3v) is 6.00. The molecule has 8 heteroatoms. The maximum absolute atomic E-state index is 13.3. The van der Waals surface area contributed by atoms with E-state index in [9.17, 15) is 23.2 Å². The number of anilines is 1. The van der Waals surface area contributed by atoms with Gasteiger partial charge in [-0.15, -0.1) is 0 Å². The number of amides is 2. The molecule has 2 amide bonds. The topological polar surface area (TPSA) is 65.4 Å². The van der Waals surface area contributed by atoms with Crippen molar-refractivity contribution in [2.75, 3.05) is 12.0 Å². The number of methoxy groups -OCH3 is 1. The number of hydrogen-bond donors (Lipinski definition) is 1. The second-order valence-electron chi connectivity index (χ2n) is 7.86. The second-order valence-corrected chi connectivity index (χ2v) is 7.86. The van der Waals surface area contributed by atoms with E-state index in [2.05, 4.69) is 11.4 Å². The van der Waals surface area contributed by atoms with Crippen LogP contribution in [0.5, 0.6) is 5.75 Å². The number of hydrogen-bond acceptors (Lipinski definition) is 3. The van der Waals surface area contributed by atoms with Crippen molar-refractivity contribution in [3.8, 4) is 11.8 Å². The van der Waals surface area contributed by atoms with Gasteiger partial charge in [-0.2, -0.15) is 18.4 Å². The van der Waals surface area contributed by atoms with Crippen LogP contribution in [0.25, 0.3) is 0 Å². The van der Waals surface area contributed by atoms with Crippen LogP contribution in [0.15, 0.2) is 65.4 Å². The molecule has 1 aliphatic carbocycles. The molecule has 0 spiro atoms. The summed E-state index contributed by atoms with van der Waals surface area (Å²) in [5.41, 5.74) is 3.00. The summed E-state index contributed by atoms with van der Waals surface area (Å²) in [7, 11) is 1.49. The molecule has 0 saturated heterocycles. The third-order valence-electron chi connectivity index (χ3n) is 6.00. The first kappa shape index (κ1) is 22.5. The summed E-state index contributed by atoms with van der Waals surface area (Å²) in [6, 6.07) is 10.8. The lowest BCUT2D eigenvalue weighted by atomic mass is 9.81. The summed E-state index contributed by atoms with van der Waals surface area (Å²) in [5, 5.41) is 12.2. The largest absolute Gasteiger partial charge is 0.496 e. The summed E-state index contributed by atoms with van der Waals surface area (Å²) in [4.78, 5) is 14.6. The van der Waals surface area contributed by atoms with Gasteiger partial charge in [0.25, 0.3) is 0 Å². The van der Waals surface area contributed by atoms with Gasteiger partial charge in [0.05, 0.1) is 36.0 Å². The summed E-state index contributed by atoms with van der Waals surface area (Å²) in [6.07, 6.45) is -0.432. The number of carbonyl (C=O) groups excluding carboxylic acids is 1. The fourth-order valence-corrected chi connectivity index (χ4v) is 4.51. The highest BCUT2D eigenvalue weighted by molar-refractivity contribution is 5.98. The van der Waals surface area contributed by atoms with Crippen LogP contribution in [0.3, 0.4) is 0 Å². The van der Waals surface area contributed by atoms with E-state index in [1.807, 2.05) is 13.0 Å². The van der Waals surface area contributed by atoms with Crippen molar-refractivity contribution in [3.63, 3.8) is 0 Å². The van der Waals surface area contributed by atoms with Crippen molar-refractivity contribution < 1.29 is 22.7 Å². The molecule has 1 heterocycles. The fraction of sp³-hybridized carbons (Fsp3) is 0.280. The van der Waals surface area contributed by atoms with Gasteiger partial charge in [-0.25, -0.2) is 4.79 Å². The zero-order chi connectivity index (χ0) is 23.8. The molecule has 0 fully saturated rings. The molecule has 0 saturated carbocycles. The number of nitrogens with one attached hydrogen (secondary N) is 1. The van der Waals surface area contributed by atoms with Crippen molar-refractivity contribution in [2.24, 2.45) is 0 Å². The van der Waals surface area contributed by atoms with E-state index in [1.165, 1.54) is 24.1 Å². The number of rotatable bonds is 3. The molecule has 1 unspecified atom stereocenters. The fourth-order valence-electron chi connectivity index (χ4n) is 4.51. The SMILES string of the molecule is CC=C1CCCC2=C1C(c1ccc(C#N)cc1OC)NC(=O)N2c1cccc(C(F)(F)F)c1. The van der Waals surface area contributed by atoms with Gasteiger partial charge in [0, 0.05) is 16.8 Å². The Morgan fingerprint density at radius 2 is 2.00 bits per heavy atom. The van der Waals surface area contributed by atoms with Gasteiger partial charge >= 0.3 is 12.2 Å². The van der Waals surface area contributed by atoms with Crippen LogP contribution < -0.4 is 15.0 Å². The van der Waals surface area contributed by atoms with E-state index in [4.69, 9.17) is 4.74 Å². The highest BCUT2D eigenvalue weighted by atomic mass is 19.4. The third kappa shape index (κ3) is 4.07. The van der Waals surface area contributed by atoms with Crippen LogP contribution in [-0.4, -0.2) is 13.1 Å². The number of halogens is 3. The van der Waals surface area contributed by atoms with Gasteiger partial charge < -0.3 is 10.1 Å². The predicted octanol–water partition coefficient (Wildman–Crippen LogP) is 6.24. The van der Waals surface area contributed by atoms with Crippen molar-refractivity contribution in [1.82, 2.24) is 5.32 Å². The minimum Gasteiger partial charge on any atom is -0.496 e. The molecule has 0 aromatic heterocycles. The van der Waals surface area contributed by atoms with Crippen LogP contribution in [0.1, 0.15) is 48.9 Å². The predicted molar refractivity (Wildman–Crippen MR) is 118 cm³/mol. The monoisotopic (exact) mass is 453 g/mol. The van der Waals surface area contributed by atoms with Gasteiger partial charge in [-0.05, 0) is 62.1 Å². The average molecular weight is 453 g/mol. The van der Waals surface area contributed by atoms with Crippen LogP contribution in [0.4, 0.5) is 23.7 Å². The van der Waals surface area contributed by atoms with Crippen molar-refractivity contribution >= 4 is 11.7 Å². The zero-order valence-electron chi connectivity index (χ0n) is 18.2. The Hall–Kier alpha value is -3.73. The Kier molecular flexibility index (Phi) is 5.90. The van der Waals surface area contributed by atoms with E-state index >= 15 is 0 Å². The van der Waals surface area contributed by atoms with Gasteiger partial charge in [-0.3, -0.25) is 4.90 Å². The molecule has 2 aromatic rings. The molecule has 0 radical (unpaired) electrons. The van der Waals surface area contributed by atoms with Crippen molar-refractivity contribution in [1.29, 1.82) is 5.26 Å². The minimum absolute atomic E-state index is 0.164. The number of nitrogens with zero attached hydrogens (tertiary/aromatic N) is 2. The Morgan fingerprint density at radius 1 is 1.21 bits per heavy atom. The molecule has 4 rings (SSSR count). The molecule has 1 N–H and O–H groups in total. The molecule has 1 aliphatic heterocycles. The first-order chi connectivity index (χ1) is 15.8. The maximum Gasteiger partial charge on any atom is 0.416 e. The molecular weight excluding hydrogens is 431 g/mol. The summed E-state index contributed by atoms with van der Waals surface area (Å²) in [6.45, 7) is 1.91. The Morgan fingerprint density at radius 3 is 2.67 bits per heavy atom. The first-order valence-electron chi connectivity index (χ1n) is 10.5. The quantitative estimate of drug-likeness (QED) is 0.598. The summed E-state index contributed by atoms with van der Waals surface area (Å²) in [5.74, 6) is 0.458. The average Bonchev–Trinajstić information content (AvgIpc) is 2.82. The van der Waals surface area contributed by atoms with E-state index < -0.39 is 23.8 Å². The number of carbonyl (C=O) groups is 1. The van der Waals surface area contributed by atoms with Crippen molar-refractivity contribution in [3.05, 3.63) is 82.1 Å². The molecule has 2 aliphatic rings. The molecule has 1 atom stereocenters. The lowest BCUT2D eigenvalue weighted by molar-refractivity contribution is -0.137. The summed E-state index contributed by atoms with van der Waals surface area (Å²) < 4.78 is 45.5. The Bertz CT molecular complexity index is 1210. The number of benzene rings is 2. The summed E-state index contributed by atoms with van der Waals surface area (Å²) >= 11 is 0. The lowest BCUT2D eigenvalue weighted by Gasteiger charge is -2.41. The van der Waals surface area contributed by atoms with Crippen LogP contribution in [0.2, 0.25) is 0 Å². The van der Waals surface area contributed by atoms with E-state index in [0.717, 1.165) is 36.1 Å². The van der Waals surface area contributed by atoms with E-state index in [-0.39, 0.29) is 5.69 Å².